The minimum Gasteiger partial charge on any atom is -0.348 e. The van der Waals surface area contributed by atoms with Crippen LogP contribution in [0.25, 0.3) is 10.9 Å². The molecule has 0 fully saturated rings. The molecule has 1 atom stereocenters. The highest BCUT2D eigenvalue weighted by atomic mass is 15.2. The number of aromatic nitrogens is 6. The van der Waals surface area contributed by atoms with E-state index in [-0.39, 0.29) is 5.92 Å². The zero-order valence-electron chi connectivity index (χ0n) is 12.7. The fourth-order valence-electron chi connectivity index (χ4n) is 2.91. The van der Waals surface area contributed by atoms with Crippen LogP contribution in [0.1, 0.15) is 22.9 Å². The van der Waals surface area contributed by atoms with Crippen molar-refractivity contribution in [2.45, 2.75) is 12.3 Å². The molecule has 3 heterocycles. The number of hydrogen-bond acceptors (Lipinski definition) is 4. The van der Waals surface area contributed by atoms with Gasteiger partial charge in [0.1, 0.15) is 0 Å². The fourth-order valence-corrected chi connectivity index (χ4v) is 2.91. The first-order valence-corrected chi connectivity index (χ1v) is 7.48. The Balaban J connectivity index is 1.77. The number of nitrogens with zero attached hydrogens (tertiary/aromatic N) is 5. The highest BCUT2D eigenvalue weighted by Crippen LogP contribution is 2.28. The largest absolute Gasteiger partial charge is 0.348 e. The third-order valence-electron chi connectivity index (χ3n) is 4.11. The van der Waals surface area contributed by atoms with Crippen molar-refractivity contribution in [2.24, 2.45) is 7.05 Å². The van der Waals surface area contributed by atoms with E-state index in [9.17, 15) is 0 Å². The number of nitrogens with one attached hydrogen (secondary N) is 1. The zero-order chi connectivity index (χ0) is 15.6. The molecule has 0 radical (unpaired) electrons. The summed E-state index contributed by atoms with van der Waals surface area (Å²) in [5, 5.41) is 13.6. The van der Waals surface area contributed by atoms with E-state index in [0.717, 1.165) is 28.7 Å². The second-order valence-corrected chi connectivity index (χ2v) is 5.57. The van der Waals surface area contributed by atoms with Gasteiger partial charge in [0.05, 0.1) is 23.7 Å². The minimum atomic E-state index is 0.152. The summed E-state index contributed by atoms with van der Waals surface area (Å²) in [5.41, 5.74) is 4.36. The molecule has 114 valence electrons. The monoisotopic (exact) mass is 304 g/mol. The minimum absolute atomic E-state index is 0.152. The second-order valence-electron chi connectivity index (χ2n) is 5.57. The van der Waals surface area contributed by atoms with Gasteiger partial charge in [0.25, 0.3) is 0 Å². The van der Waals surface area contributed by atoms with Gasteiger partial charge in [0, 0.05) is 42.9 Å². The lowest BCUT2D eigenvalue weighted by Gasteiger charge is -2.15. The average molecular weight is 304 g/mol. The van der Waals surface area contributed by atoms with E-state index in [4.69, 9.17) is 0 Å². The predicted molar refractivity (Wildman–Crippen MR) is 86.9 cm³/mol. The van der Waals surface area contributed by atoms with Crippen LogP contribution in [0.2, 0.25) is 0 Å². The highest BCUT2D eigenvalue weighted by Gasteiger charge is 2.18. The molecule has 0 aliphatic rings. The molecule has 0 aliphatic carbocycles. The maximum atomic E-state index is 4.32. The van der Waals surface area contributed by atoms with Crippen LogP contribution in [0.3, 0.4) is 0 Å². The summed E-state index contributed by atoms with van der Waals surface area (Å²) in [6.07, 6.45) is 7.93. The Morgan fingerprint density at radius 2 is 2.17 bits per heavy atom. The van der Waals surface area contributed by atoms with Crippen molar-refractivity contribution in [3.63, 3.8) is 0 Å². The van der Waals surface area contributed by atoms with Gasteiger partial charge in [-0.1, -0.05) is 6.07 Å². The number of fused-ring (bicyclic) bond motifs is 1. The lowest BCUT2D eigenvalue weighted by molar-refractivity contribution is 0.745. The van der Waals surface area contributed by atoms with E-state index < -0.39 is 0 Å². The second kappa shape index (κ2) is 5.64. The lowest BCUT2D eigenvalue weighted by atomic mass is 9.91. The molecular weight excluding hydrogens is 288 g/mol. The van der Waals surface area contributed by atoms with Gasteiger partial charge in [-0.25, -0.2) is 4.98 Å². The molecule has 0 spiro atoms. The van der Waals surface area contributed by atoms with Gasteiger partial charge in [-0.05, 0) is 29.8 Å². The smallest absolute Gasteiger partial charge is 0.0921 e. The third kappa shape index (κ3) is 2.59. The van der Waals surface area contributed by atoms with Crippen LogP contribution in [0.15, 0.2) is 55.2 Å². The molecule has 23 heavy (non-hydrogen) atoms. The van der Waals surface area contributed by atoms with E-state index in [1.54, 1.807) is 12.5 Å². The van der Waals surface area contributed by atoms with Gasteiger partial charge in [0.2, 0.25) is 0 Å². The molecule has 1 N–H and O–H groups in total. The maximum absolute atomic E-state index is 4.32. The summed E-state index contributed by atoms with van der Waals surface area (Å²) in [4.78, 5) is 7.40. The van der Waals surface area contributed by atoms with Gasteiger partial charge in [-0.15, -0.1) is 0 Å². The van der Waals surface area contributed by atoms with E-state index >= 15 is 0 Å². The molecule has 6 nitrogen and oxygen atoms in total. The molecule has 0 saturated heterocycles. The van der Waals surface area contributed by atoms with Crippen molar-refractivity contribution in [2.75, 3.05) is 0 Å². The number of H-pyrrole nitrogens is 1. The van der Waals surface area contributed by atoms with Crippen molar-refractivity contribution in [1.82, 2.24) is 29.9 Å². The van der Waals surface area contributed by atoms with Crippen LogP contribution in [0, 0.1) is 0 Å². The van der Waals surface area contributed by atoms with Crippen LogP contribution in [0.5, 0.6) is 0 Å². The first-order valence-electron chi connectivity index (χ1n) is 7.48. The van der Waals surface area contributed by atoms with Gasteiger partial charge in [-0.3, -0.25) is 4.68 Å². The third-order valence-corrected chi connectivity index (χ3v) is 4.11. The van der Waals surface area contributed by atoms with Crippen LogP contribution >= 0.6 is 0 Å². The lowest BCUT2D eigenvalue weighted by Crippen LogP contribution is -2.07. The van der Waals surface area contributed by atoms with Crippen LogP contribution in [0.4, 0.5) is 0 Å². The molecule has 4 aromatic rings. The maximum Gasteiger partial charge on any atom is 0.0921 e. The standard InChI is InChI=1S/C17H16N6/c1-23-17-5-4-12(7-13(17)9-21-23)15(16-10-18-11-19-16)8-14-3-2-6-20-22-14/h2-7,9-11,15H,8H2,1H3,(H,18,19). The quantitative estimate of drug-likeness (QED) is 0.628. The van der Waals surface area contributed by atoms with E-state index in [1.165, 1.54) is 5.56 Å². The Bertz CT molecular complexity index is 911. The molecule has 0 saturated carbocycles. The van der Waals surface area contributed by atoms with Crippen molar-refractivity contribution < 1.29 is 0 Å². The Morgan fingerprint density at radius 3 is 2.96 bits per heavy atom. The number of aryl methyl sites for hydroxylation is 1. The fraction of sp³-hybridized carbons (Fsp3) is 0.176. The molecule has 6 heteroatoms. The van der Waals surface area contributed by atoms with Gasteiger partial charge in [0.15, 0.2) is 0 Å². The molecule has 4 rings (SSSR count). The van der Waals surface area contributed by atoms with Gasteiger partial charge < -0.3 is 4.98 Å². The summed E-state index contributed by atoms with van der Waals surface area (Å²) >= 11 is 0. The molecule has 0 bridgehead atoms. The molecule has 1 unspecified atom stereocenters. The number of benzene rings is 1. The summed E-state index contributed by atoms with van der Waals surface area (Å²) in [6, 6.07) is 10.4. The summed E-state index contributed by atoms with van der Waals surface area (Å²) < 4.78 is 1.88. The Labute approximate surface area is 133 Å². The number of imidazole rings is 1. The highest BCUT2D eigenvalue weighted by molar-refractivity contribution is 5.79. The van der Waals surface area contributed by atoms with Crippen molar-refractivity contribution in [3.8, 4) is 0 Å². The number of rotatable bonds is 4. The number of aromatic amines is 1. The number of hydrogen-bond donors (Lipinski definition) is 1. The Hall–Kier alpha value is -3.02. The molecule has 0 aliphatic heterocycles. The predicted octanol–water partition coefficient (Wildman–Crippen LogP) is 2.46. The summed E-state index contributed by atoms with van der Waals surface area (Å²) in [6.45, 7) is 0. The molecule has 0 amide bonds. The van der Waals surface area contributed by atoms with Crippen LogP contribution in [-0.4, -0.2) is 29.9 Å². The van der Waals surface area contributed by atoms with Crippen molar-refractivity contribution >= 4 is 10.9 Å². The van der Waals surface area contributed by atoms with E-state index in [1.807, 2.05) is 36.3 Å². The molecule has 1 aromatic carbocycles. The van der Waals surface area contributed by atoms with E-state index in [0.29, 0.717) is 0 Å². The zero-order valence-corrected chi connectivity index (χ0v) is 12.7. The first kappa shape index (κ1) is 13.6. The Kier molecular flexibility index (Phi) is 3.34. The molecular formula is C17H16N6. The first-order chi connectivity index (χ1) is 11.3. The SMILES string of the molecule is Cn1ncc2cc(C(Cc3cccnn3)c3cnc[nH]3)ccc21. The Morgan fingerprint density at radius 1 is 1.22 bits per heavy atom. The van der Waals surface area contributed by atoms with Gasteiger partial charge >= 0.3 is 0 Å². The average Bonchev–Trinajstić information content (AvgIpc) is 3.24. The van der Waals surface area contributed by atoms with Crippen LogP contribution in [-0.2, 0) is 13.5 Å². The van der Waals surface area contributed by atoms with Gasteiger partial charge in [-0.2, -0.15) is 15.3 Å². The van der Waals surface area contributed by atoms with E-state index in [2.05, 4.69) is 43.5 Å². The summed E-state index contributed by atoms with van der Waals surface area (Å²) in [7, 11) is 1.95. The van der Waals surface area contributed by atoms with Crippen molar-refractivity contribution in [3.05, 3.63) is 72.2 Å². The normalized spacial score (nSPS) is 12.6. The van der Waals surface area contributed by atoms with Crippen LogP contribution < -0.4 is 0 Å². The molecule has 3 aromatic heterocycles. The summed E-state index contributed by atoms with van der Waals surface area (Å²) in [5.74, 6) is 0.152. The van der Waals surface area contributed by atoms with Crippen molar-refractivity contribution in [1.29, 1.82) is 0 Å². The topological polar surface area (TPSA) is 72.3 Å².